The third-order valence-electron chi connectivity index (χ3n) is 3.18. The second-order valence-corrected chi connectivity index (χ2v) is 4.42. The Morgan fingerprint density at radius 2 is 1.15 bits per heavy atom. The van der Waals surface area contributed by atoms with Gasteiger partial charge in [-0.25, -0.2) is 0 Å². The summed E-state index contributed by atoms with van der Waals surface area (Å²) in [6.07, 6.45) is 7.65. The summed E-state index contributed by atoms with van der Waals surface area (Å²) in [5.41, 5.74) is 2.54. The fourth-order valence-corrected chi connectivity index (χ4v) is 2.31. The molecule has 0 unspecified atom stereocenters. The number of benzene rings is 2. The van der Waals surface area contributed by atoms with E-state index in [0.717, 1.165) is 0 Å². The molecule has 0 spiro atoms. The zero-order chi connectivity index (χ0) is 12.9. The first kappa shape index (κ1) is 14.4. The van der Waals surface area contributed by atoms with Crippen molar-refractivity contribution < 1.29 is 21.5 Å². The van der Waals surface area contributed by atoms with E-state index in [1.807, 2.05) is 36.9 Å². The minimum Gasteiger partial charge on any atom is -1.00 e. The van der Waals surface area contributed by atoms with Crippen molar-refractivity contribution in [3.8, 4) is 0 Å². The van der Waals surface area contributed by atoms with Gasteiger partial charge < -0.3 is 17.0 Å². The van der Waals surface area contributed by atoms with Gasteiger partial charge in [-0.05, 0) is 0 Å². The van der Waals surface area contributed by atoms with Crippen LogP contribution in [-0.4, -0.2) is 4.98 Å². The lowest BCUT2D eigenvalue weighted by atomic mass is 9.98. The summed E-state index contributed by atoms with van der Waals surface area (Å²) in [4.78, 5) is 4.09. The molecular formula is C17H15BrN2. The van der Waals surface area contributed by atoms with Crippen LogP contribution in [-0.2, 0) is 0 Å². The summed E-state index contributed by atoms with van der Waals surface area (Å²) in [5.74, 6) is 0. The molecule has 1 aromatic heterocycles. The quantitative estimate of drug-likeness (QED) is 0.620. The molecule has 0 amide bonds. The van der Waals surface area contributed by atoms with Gasteiger partial charge in [-0.2, -0.15) is 4.57 Å². The molecule has 0 bridgehead atoms. The maximum Gasteiger partial charge on any atom is 0.209 e. The van der Waals surface area contributed by atoms with Gasteiger partial charge in [-0.3, -0.25) is 4.98 Å². The standard InChI is InChI=1S/C17H15N2.BrH/c1-3-7-15(8-4-1)17(16-9-5-2-6-10-16)19-13-11-18-12-14-19;/h1-14,17H;1H/q+1;/p-1. The van der Waals surface area contributed by atoms with E-state index in [9.17, 15) is 0 Å². The molecule has 0 aliphatic heterocycles. The highest BCUT2D eigenvalue weighted by molar-refractivity contribution is 5.29. The Balaban J connectivity index is 0.00000147. The van der Waals surface area contributed by atoms with E-state index in [-0.39, 0.29) is 23.0 Å². The van der Waals surface area contributed by atoms with Crippen molar-refractivity contribution in [2.75, 3.05) is 0 Å². The van der Waals surface area contributed by atoms with E-state index in [1.54, 1.807) is 0 Å². The molecular weight excluding hydrogens is 312 g/mol. The number of rotatable bonds is 3. The van der Waals surface area contributed by atoms with Gasteiger partial charge in [0.2, 0.25) is 6.04 Å². The van der Waals surface area contributed by atoms with Gasteiger partial charge in [0.1, 0.15) is 0 Å². The first-order valence-electron chi connectivity index (χ1n) is 6.36. The SMILES string of the molecule is [Br-].c1ccc(C(c2ccccc2)[n+]2ccncc2)cc1. The molecule has 0 saturated carbocycles. The van der Waals surface area contributed by atoms with E-state index in [4.69, 9.17) is 0 Å². The van der Waals surface area contributed by atoms with Crippen LogP contribution in [0.15, 0.2) is 85.5 Å². The van der Waals surface area contributed by atoms with E-state index in [0.29, 0.717) is 0 Å². The fraction of sp³-hybridized carbons (Fsp3) is 0.0588. The second kappa shape index (κ2) is 6.96. The molecule has 0 aliphatic carbocycles. The summed E-state index contributed by atoms with van der Waals surface area (Å²) < 4.78 is 2.18. The average molecular weight is 327 g/mol. The molecule has 2 aromatic carbocycles. The van der Waals surface area contributed by atoms with Crippen molar-refractivity contribution in [3.05, 3.63) is 96.6 Å². The molecule has 0 aliphatic rings. The van der Waals surface area contributed by atoms with Crippen LogP contribution in [0.25, 0.3) is 0 Å². The van der Waals surface area contributed by atoms with Crippen LogP contribution < -0.4 is 21.5 Å². The Morgan fingerprint density at radius 1 is 0.700 bits per heavy atom. The van der Waals surface area contributed by atoms with E-state index in [1.165, 1.54) is 11.1 Å². The van der Waals surface area contributed by atoms with Crippen molar-refractivity contribution >= 4 is 0 Å². The van der Waals surface area contributed by atoms with Gasteiger partial charge in [0, 0.05) is 11.1 Å². The largest absolute Gasteiger partial charge is 1.00 e. The zero-order valence-electron chi connectivity index (χ0n) is 10.9. The summed E-state index contributed by atoms with van der Waals surface area (Å²) in [5, 5.41) is 0. The maximum absolute atomic E-state index is 4.09. The smallest absolute Gasteiger partial charge is 0.209 e. The van der Waals surface area contributed by atoms with Crippen LogP contribution in [0.2, 0.25) is 0 Å². The highest BCUT2D eigenvalue weighted by atomic mass is 79.9. The molecule has 0 N–H and O–H groups in total. The fourth-order valence-electron chi connectivity index (χ4n) is 2.31. The van der Waals surface area contributed by atoms with E-state index >= 15 is 0 Å². The first-order valence-corrected chi connectivity index (χ1v) is 6.36. The topological polar surface area (TPSA) is 16.8 Å². The van der Waals surface area contributed by atoms with Crippen LogP contribution >= 0.6 is 0 Å². The van der Waals surface area contributed by atoms with Gasteiger partial charge in [0.15, 0.2) is 12.4 Å². The number of aromatic nitrogens is 2. The highest BCUT2D eigenvalue weighted by Crippen LogP contribution is 2.20. The number of hydrogen-bond donors (Lipinski definition) is 0. The summed E-state index contributed by atoms with van der Waals surface area (Å²) >= 11 is 0. The third-order valence-corrected chi connectivity index (χ3v) is 3.18. The maximum atomic E-state index is 4.09. The van der Waals surface area contributed by atoms with Crippen LogP contribution in [0.1, 0.15) is 17.2 Å². The van der Waals surface area contributed by atoms with Crippen LogP contribution in [0.5, 0.6) is 0 Å². The average Bonchev–Trinajstić information content (AvgIpc) is 2.51. The molecule has 0 atom stereocenters. The Hall–Kier alpha value is -2.00. The predicted molar refractivity (Wildman–Crippen MR) is 74.6 cm³/mol. The highest BCUT2D eigenvalue weighted by Gasteiger charge is 2.22. The molecule has 100 valence electrons. The molecule has 3 aromatic rings. The Labute approximate surface area is 129 Å². The van der Waals surface area contributed by atoms with E-state index < -0.39 is 0 Å². The Bertz CT molecular complexity index is 533. The number of halogens is 1. The Morgan fingerprint density at radius 3 is 1.60 bits per heavy atom. The molecule has 1 heterocycles. The lowest BCUT2D eigenvalue weighted by Crippen LogP contribution is -3.00. The number of hydrogen-bond acceptors (Lipinski definition) is 1. The van der Waals surface area contributed by atoms with Crippen molar-refractivity contribution in [2.45, 2.75) is 6.04 Å². The summed E-state index contributed by atoms with van der Waals surface area (Å²) in [6, 6.07) is 21.2. The van der Waals surface area contributed by atoms with Gasteiger partial charge in [0.25, 0.3) is 0 Å². The molecule has 20 heavy (non-hydrogen) atoms. The van der Waals surface area contributed by atoms with Crippen LogP contribution in [0, 0.1) is 0 Å². The van der Waals surface area contributed by atoms with Gasteiger partial charge in [0.05, 0.1) is 12.4 Å². The molecule has 0 radical (unpaired) electrons. The van der Waals surface area contributed by atoms with Gasteiger partial charge in [-0.1, -0.05) is 60.7 Å². The molecule has 3 heteroatoms. The number of nitrogens with zero attached hydrogens (tertiary/aromatic N) is 2. The van der Waals surface area contributed by atoms with Crippen molar-refractivity contribution in [3.63, 3.8) is 0 Å². The molecule has 3 rings (SSSR count). The lowest BCUT2D eigenvalue weighted by Gasteiger charge is -2.12. The Kier molecular flexibility index (Phi) is 5.02. The molecule has 0 fully saturated rings. The van der Waals surface area contributed by atoms with Gasteiger partial charge in [-0.15, -0.1) is 0 Å². The first-order chi connectivity index (χ1) is 9.45. The van der Waals surface area contributed by atoms with Gasteiger partial charge >= 0.3 is 0 Å². The third kappa shape index (κ3) is 3.11. The molecule has 0 saturated heterocycles. The van der Waals surface area contributed by atoms with Crippen molar-refractivity contribution in [1.82, 2.24) is 4.98 Å². The minimum absolute atomic E-state index is 0. The summed E-state index contributed by atoms with van der Waals surface area (Å²) in [7, 11) is 0. The zero-order valence-corrected chi connectivity index (χ0v) is 12.5. The van der Waals surface area contributed by atoms with Crippen molar-refractivity contribution in [2.24, 2.45) is 0 Å². The van der Waals surface area contributed by atoms with Crippen molar-refractivity contribution in [1.29, 1.82) is 0 Å². The normalized spacial score (nSPS) is 10.1. The minimum atomic E-state index is 0. The summed E-state index contributed by atoms with van der Waals surface area (Å²) in [6.45, 7) is 0. The van der Waals surface area contributed by atoms with Crippen LogP contribution in [0.3, 0.4) is 0 Å². The predicted octanol–water partition coefficient (Wildman–Crippen LogP) is 0.0108. The monoisotopic (exact) mass is 326 g/mol. The second-order valence-electron chi connectivity index (χ2n) is 4.42. The lowest BCUT2D eigenvalue weighted by molar-refractivity contribution is -0.705. The molecule has 2 nitrogen and oxygen atoms in total. The van der Waals surface area contributed by atoms with E-state index in [2.05, 4.69) is 58.1 Å². The van der Waals surface area contributed by atoms with Crippen LogP contribution in [0.4, 0.5) is 0 Å².